The molecule has 0 aliphatic rings. The minimum absolute atomic E-state index is 0.286. The quantitative estimate of drug-likeness (QED) is 0.771. The van der Waals surface area contributed by atoms with Crippen LogP contribution in [0.4, 0.5) is 0 Å². The molecule has 1 atom stereocenters. The van der Waals surface area contributed by atoms with Crippen LogP contribution in [0.2, 0.25) is 0 Å². The molecule has 0 radical (unpaired) electrons. The third-order valence-corrected chi connectivity index (χ3v) is 4.56. The maximum absolute atomic E-state index is 5.98. The molecule has 2 nitrogen and oxygen atoms in total. The lowest BCUT2D eigenvalue weighted by Gasteiger charge is -2.18. The first-order valence-corrected chi connectivity index (χ1v) is 8.56. The minimum Gasteiger partial charge on any atom is -0.493 e. The number of halogens is 1. The van der Waals surface area contributed by atoms with Gasteiger partial charge in [0, 0.05) is 27.4 Å². The second kappa shape index (κ2) is 7.81. The normalized spacial score (nSPS) is 12.3. The third-order valence-electron chi connectivity index (χ3n) is 3.13. The van der Waals surface area contributed by atoms with Crippen molar-refractivity contribution in [2.75, 3.05) is 13.2 Å². The zero-order valence-electron chi connectivity index (χ0n) is 11.9. The fraction of sp³-hybridized carbons (Fsp3) is 0.375. The molecule has 2 rings (SSSR count). The van der Waals surface area contributed by atoms with Crippen molar-refractivity contribution in [1.82, 2.24) is 5.32 Å². The topological polar surface area (TPSA) is 21.3 Å². The van der Waals surface area contributed by atoms with Crippen molar-refractivity contribution in [1.29, 1.82) is 0 Å². The Morgan fingerprint density at radius 2 is 2.20 bits per heavy atom. The summed E-state index contributed by atoms with van der Waals surface area (Å²) < 4.78 is 7.06. The lowest BCUT2D eigenvalue weighted by molar-refractivity contribution is 0.316. The molecule has 4 heteroatoms. The summed E-state index contributed by atoms with van der Waals surface area (Å²) in [5, 5.41) is 5.54. The van der Waals surface area contributed by atoms with Gasteiger partial charge >= 0.3 is 0 Å². The standard InChI is InChI=1S/C16H20BrNOS/c1-3-18-12(2)15-11-13(17)6-7-16(15)19-9-8-14-5-4-10-20-14/h4-7,10-12,18H,3,8-9H2,1-2H3. The van der Waals surface area contributed by atoms with Gasteiger partial charge < -0.3 is 10.1 Å². The van der Waals surface area contributed by atoms with Gasteiger partial charge in [0.1, 0.15) is 5.75 Å². The Hall–Kier alpha value is -0.840. The molecule has 1 N–H and O–H groups in total. The highest BCUT2D eigenvalue weighted by molar-refractivity contribution is 9.10. The largest absolute Gasteiger partial charge is 0.493 e. The predicted octanol–water partition coefficient (Wildman–Crippen LogP) is 4.80. The van der Waals surface area contributed by atoms with Gasteiger partial charge in [-0.1, -0.05) is 28.9 Å². The summed E-state index contributed by atoms with van der Waals surface area (Å²) in [5.74, 6) is 0.971. The zero-order valence-corrected chi connectivity index (χ0v) is 14.3. The van der Waals surface area contributed by atoms with E-state index < -0.39 is 0 Å². The molecule has 1 heterocycles. The molecule has 0 spiro atoms. The molecule has 20 heavy (non-hydrogen) atoms. The number of thiophene rings is 1. The fourth-order valence-electron chi connectivity index (χ4n) is 2.12. The Balaban J connectivity index is 2.02. The number of hydrogen-bond acceptors (Lipinski definition) is 3. The van der Waals surface area contributed by atoms with E-state index in [-0.39, 0.29) is 6.04 Å². The molecule has 2 aromatic rings. The summed E-state index contributed by atoms with van der Waals surface area (Å²) in [7, 11) is 0. The molecule has 108 valence electrons. The summed E-state index contributed by atoms with van der Waals surface area (Å²) in [4.78, 5) is 1.36. The predicted molar refractivity (Wildman–Crippen MR) is 89.8 cm³/mol. The molecule has 0 aliphatic carbocycles. The summed E-state index contributed by atoms with van der Waals surface area (Å²) in [6, 6.07) is 10.7. The van der Waals surface area contributed by atoms with Crippen LogP contribution in [0.5, 0.6) is 5.75 Å². The molecule has 0 aliphatic heterocycles. The van der Waals surface area contributed by atoms with E-state index in [1.165, 1.54) is 10.4 Å². The zero-order chi connectivity index (χ0) is 14.4. The van der Waals surface area contributed by atoms with Crippen LogP contribution in [0, 0.1) is 0 Å². The first-order valence-electron chi connectivity index (χ1n) is 6.88. The van der Waals surface area contributed by atoms with Crippen LogP contribution in [-0.2, 0) is 6.42 Å². The van der Waals surface area contributed by atoms with Crippen LogP contribution in [-0.4, -0.2) is 13.2 Å². The van der Waals surface area contributed by atoms with Crippen molar-refractivity contribution < 1.29 is 4.74 Å². The van der Waals surface area contributed by atoms with Gasteiger partial charge in [0.15, 0.2) is 0 Å². The highest BCUT2D eigenvalue weighted by Gasteiger charge is 2.11. The van der Waals surface area contributed by atoms with Gasteiger partial charge in [-0.3, -0.25) is 0 Å². The van der Waals surface area contributed by atoms with E-state index in [0.717, 1.165) is 23.2 Å². The molecular weight excluding hydrogens is 334 g/mol. The Morgan fingerprint density at radius 3 is 2.90 bits per heavy atom. The molecule has 1 aromatic carbocycles. The van der Waals surface area contributed by atoms with Crippen LogP contribution in [0.25, 0.3) is 0 Å². The monoisotopic (exact) mass is 353 g/mol. The third kappa shape index (κ3) is 4.33. The average molecular weight is 354 g/mol. The second-order valence-electron chi connectivity index (χ2n) is 4.64. The van der Waals surface area contributed by atoms with Crippen LogP contribution in [0.15, 0.2) is 40.2 Å². The van der Waals surface area contributed by atoms with E-state index in [9.17, 15) is 0 Å². The molecule has 1 unspecified atom stereocenters. The summed E-state index contributed by atoms with van der Waals surface area (Å²) >= 11 is 5.31. The lowest BCUT2D eigenvalue weighted by atomic mass is 10.1. The number of ether oxygens (including phenoxy) is 1. The highest BCUT2D eigenvalue weighted by atomic mass is 79.9. The van der Waals surface area contributed by atoms with Gasteiger partial charge in [-0.05, 0) is 43.1 Å². The van der Waals surface area contributed by atoms with Crippen molar-refractivity contribution in [3.63, 3.8) is 0 Å². The Morgan fingerprint density at radius 1 is 1.35 bits per heavy atom. The molecule has 1 aromatic heterocycles. The number of nitrogens with one attached hydrogen (secondary N) is 1. The van der Waals surface area contributed by atoms with Crippen molar-refractivity contribution in [3.05, 3.63) is 50.6 Å². The first kappa shape index (κ1) is 15.5. The van der Waals surface area contributed by atoms with Crippen molar-refractivity contribution in [2.24, 2.45) is 0 Å². The minimum atomic E-state index is 0.286. The molecular formula is C16H20BrNOS. The molecule has 0 saturated carbocycles. The van der Waals surface area contributed by atoms with Gasteiger partial charge in [-0.2, -0.15) is 0 Å². The number of benzene rings is 1. The van der Waals surface area contributed by atoms with E-state index in [2.05, 4.69) is 58.7 Å². The lowest BCUT2D eigenvalue weighted by Crippen LogP contribution is -2.18. The van der Waals surface area contributed by atoms with Crippen molar-refractivity contribution in [2.45, 2.75) is 26.3 Å². The van der Waals surface area contributed by atoms with Crippen LogP contribution in [0.1, 0.15) is 30.3 Å². The van der Waals surface area contributed by atoms with Crippen LogP contribution in [0.3, 0.4) is 0 Å². The molecule has 0 bridgehead atoms. The molecule has 0 saturated heterocycles. The fourth-order valence-corrected chi connectivity index (χ4v) is 3.19. The van der Waals surface area contributed by atoms with Gasteiger partial charge in [0.2, 0.25) is 0 Å². The van der Waals surface area contributed by atoms with E-state index in [0.29, 0.717) is 6.61 Å². The summed E-state index contributed by atoms with van der Waals surface area (Å²) in [6.45, 7) is 5.94. The van der Waals surface area contributed by atoms with Gasteiger partial charge in [0.25, 0.3) is 0 Å². The van der Waals surface area contributed by atoms with Gasteiger partial charge in [-0.15, -0.1) is 11.3 Å². The van der Waals surface area contributed by atoms with Crippen molar-refractivity contribution >= 4 is 27.3 Å². The van der Waals surface area contributed by atoms with E-state index >= 15 is 0 Å². The molecule has 0 fully saturated rings. The van der Waals surface area contributed by atoms with E-state index in [1.54, 1.807) is 11.3 Å². The Kier molecular flexibility index (Phi) is 6.07. The van der Waals surface area contributed by atoms with Crippen LogP contribution >= 0.6 is 27.3 Å². The maximum atomic E-state index is 5.98. The SMILES string of the molecule is CCNC(C)c1cc(Br)ccc1OCCc1cccs1. The van der Waals surface area contributed by atoms with E-state index in [4.69, 9.17) is 4.74 Å². The molecule has 0 amide bonds. The number of rotatable bonds is 7. The highest BCUT2D eigenvalue weighted by Crippen LogP contribution is 2.28. The Labute approximate surface area is 133 Å². The smallest absolute Gasteiger partial charge is 0.124 e. The van der Waals surface area contributed by atoms with Gasteiger partial charge in [-0.25, -0.2) is 0 Å². The maximum Gasteiger partial charge on any atom is 0.124 e. The van der Waals surface area contributed by atoms with Gasteiger partial charge in [0.05, 0.1) is 6.61 Å². The Bertz CT molecular complexity index is 527. The first-order chi connectivity index (χ1) is 9.70. The van der Waals surface area contributed by atoms with Crippen molar-refractivity contribution in [3.8, 4) is 5.75 Å². The van der Waals surface area contributed by atoms with Crippen LogP contribution < -0.4 is 10.1 Å². The number of hydrogen-bond donors (Lipinski definition) is 1. The summed E-state index contributed by atoms with van der Waals surface area (Å²) in [6.07, 6.45) is 0.961. The van der Waals surface area contributed by atoms with E-state index in [1.807, 2.05) is 12.1 Å². The second-order valence-corrected chi connectivity index (χ2v) is 6.59. The average Bonchev–Trinajstić information content (AvgIpc) is 2.94. The summed E-state index contributed by atoms with van der Waals surface area (Å²) in [5.41, 5.74) is 1.20.